The molecule has 0 N–H and O–H groups in total. The average Bonchev–Trinajstić information content (AvgIpc) is 2.03. The maximum absolute atomic E-state index is 2.26. The fourth-order valence-corrected chi connectivity index (χ4v) is 1.02. The van der Waals surface area contributed by atoms with E-state index in [-0.39, 0.29) is 0 Å². The molecule has 74 valence electrons. The predicted molar refractivity (Wildman–Crippen MR) is 61.9 cm³/mol. The first-order chi connectivity index (χ1) is 5.97. The van der Waals surface area contributed by atoms with Crippen LogP contribution in [0.3, 0.4) is 0 Å². The number of hydrogen-bond acceptors (Lipinski definition) is 0. The summed E-state index contributed by atoms with van der Waals surface area (Å²) in [6.07, 6.45) is 5.64. The van der Waals surface area contributed by atoms with Crippen LogP contribution >= 0.6 is 0 Å². The monoisotopic (exact) mass is 178 g/mol. The Morgan fingerprint density at radius 3 is 1.85 bits per heavy atom. The Bertz CT molecular complexity index is 245. The summed E-state index contributed by atoms with van der Waals surface area (Å²) in [6.45, 7) is 13.0. The molecule has 0 heterocycles. The highest BCUT2D eigenvalue weighted by Gasteiger charge is 1.89. The largest absolute Gasteiger partial charge is 0.0735 e. The van der Waals surface area contributed by atoms with E-state index in [9.17, 15) is 0 Å². The van der Waals surface area contributed by atoms with Gasteiger partial charge in [0, 0.05) is 0 Å². The zero-order valence-corrected chi connectivity index (χ0v) is 9.86. The van der Waals surface area contributed by atoms with Crippen molar-refractivity contribution in [3.63, 3.8) is 0 Å². The molecule has 0 nitrogen and oxygen atoms in total. The molecule has 0 saturated carbocycles. The maximum Gasteiger partial charge on any atom is -0.0348 e. The lowest BCUT2D eigenvalue weighted by atomic mass is 10.1. The lowest BCUT2D eigenvalue weighted by molar-refractivity contribution is 1.09. The quantitative estimate of drug-likeness (QED) is 0.552. The molecule has 0 aromatic heterocycles. The SMILES string of the molecule is CC/C(C)=C/C(C)=C\C(C)=C(C)C. The summed E-state index contributed by atoms with van der Waals surface area (Å²) in [6, 6.07) is 0. The third-order valence-corrected chi connectivity index (χ3v) is 2.26. The molecular formula is C13H22. The van der Waals surface area contributed by atoms with Gasteiger partial charge in [0.25, 0.3) is 0 Å². The fraction of sp³-hybridized carbons (Fsp3) is 0.538. The molecule has 0 atom stereocenters. The summed E-state index contributed by atoms with van der Waals surface area (Å²) < 4.78 is 0. The molecule has 0 amide bonds. The van der Waals surface area contributed by atoms with E-state index in [0.717, 1.165) is 6.42 Å². The van der Waals surface area contributed by atoms with E-state index in [2.05, 4.69) is 53.7 Å². The molecule has 0 rings (SSSR count). The zero-order chi connectivity index (χ0) is 10.4. The predicted octanol–water partition coefficient (Wildman–Crippen LogP) is 4.65. The Kier molecular flexibility index (Phi) is 5.45. The van der Waals surface area contributed by atoms with Crippen molar-refractivity contribution in [1.82, 2.24) is 0 Å². The lowest BCUT2D eigenvalue weighted by Gasteiger charge is -1.99. The first kappa shape index (κ1) is 12.2. The van der Waals surface area contributed by atoms with Gasteiger partial charge in [-0.3, -0.25) is 0 Å². The Hall–Kier alpha value is -0.780. The molecule has 0 aliphatic carbocycles. The van der Waals surface area contributed by atoms with E-state index in [1.54, 1.807) is 0 Å². The van der Waals surface area contributed by atoms with Crippen LogP contribution in [-0.2, 0) is 0 Å². The van der Waals surface area contributed by atoms with Gasteiger partial charge in [-0.15, -0.1) is 0 Å². The summed E-state index contributed by atoms with van der Waals surface area (Å²) in [4.78, 5) is 0. The number of rotatable bonds is 3. The molecule has 0 saturated heterocycles. The van der Waals surface area contributed by atoms with Crippen LogP contribution in [-0.4, -0.2) is 0 Å². The van der Waals surface area contributed by atoms with Crippen molar-refractivity contribution in [3.8, 4) is 0 Å². The Labute approximate surface area is 83.0 Å². The van der Waals surface area contributed by atoms with Crippen LogP contribution in [0.25, 0.3) is 0 Å². The van der Waals surface area contributed by atoms with E-state index in [0.29, 0.717) is 0 Å². The highest BCUT2D eigenvalue weighted by atomic mass is 14.0. The van der Waals surface area contributed by atoms with Gasteiger partial charge in [0.1, 0.15) is 0 Å². The van der Waals surface area contributed by atoms with Crippen LogP contribution in [0.15, 0.2) is 34.4 Å². The van der Waals surface area contributed by atoms with E-state index in [1.165, 1.54) is 22.3 Å². The Morgan fingerprint density at radius 2 is 1.46 bits per heavy atom. The van der Waals surface area contributed by atoms with Crippen molar-refractivity contribution in [1.29, 1.82) is 0 Å². The van der Waals surface area contributed by atoms with Crippen LogP contribution in [0.5, 0.6) is 0 Å². The van der Waals surface area contributed by atoms with Crippen molar-refractivity contribution >= 4 is 0 Å². The van der Waals surface area contributed by atoms with Gasteiger partial charge in [-0.2, -0.15) is 0 Å². The second-order valence-electron chi connectivity index (χ2n) is 3.92. The minimum Gasteiger partial charge on any atom is -0.0735 e. The maximum atomic E-state index is 2.26. The van der Waals surface area contributed by atoms with Gasteiger partial charge in [-0.05, 0) is 41.0 Å². The van der Waals surface area contributed by atoms with Gasteiger partial charge in [-0.1, -0.05) is 41.4 Å². The zero-order valence-electron chi connectivity index (χ0n) is 9.86. The average molecular weight is 178 g/mol. The van der Waals surface area contributed by atoms with Crippen molar-refractivity contribution < 1.29 is 0 Å². The second kappa shape index (κ2) is 5.80. The van der Waals surface area contributed by atoms with Crippen LogP contribution in [0, 0.1) is 0 Å². The molecule has 0 heteroatoms. The van der Waals surface area contributed by atoms with Crippen molar-refractivity contribution in [2.75, 3.05) is 0 Å². The molecule has 0 aromatic rings. The Morgan fingerprint density at radius 1 is 0.923 bits per heavy atom. The summed E-state index contributed by atoms with van der Waals surface area (Å²) in [5.74, 6) is 0. The van der Waals surface area contributed by atoms with Gasteiger partial charge in [0.2, 0.25) is 0 Å². The highest BCUT2D eigenvalue weighted by Crippen LogP contribution is 2.10. The molecule has 0 aromatic carbocycles. The topological polar surface area (TPSA) is 0 Å². The van der Waals surface area contributed by atoms with E-state index in [1.807, 2.05) is 0 Å². The first-order valence-corrected chi connectivity index (χ1v) is 4.97. The molecule has 0 unspecified atom stereocenters. The molecule has 0 radical (unpaired) electrons. The molecule has 0 aliphatic heterocycles. The summed E-state index contributed by atoms with van der Waals surface area (Å²) >= 11 is 0. The van der Waals surface area contributed by atoms with Crippen molar-refractivity contribution in [2.45, 2.75) is 48.0 Å². The molecular weight excluding hydrogens is 156 g/mol. The summed E-state index contributed by atoms with van der Waals surface area (Å²) in [5, 5.41) is 0. The van der Waals surface area contributed by atoms with Crippen molar-refractivity contribution in [3.05, 3.63) is 34.4 Å². The molecule has 0 bridgehead atoms. The van der Waals surface area contributed by atoms with E-state index >= 15 is 0 Å². The number of hydrogen-bond donors (Lipinski definition) is 0. The van der Waals surface area contributed by atoms with E-state index in [4.69, 9.17) is 0 Å². The fourth-order valence-electron chi connectivity index (χ4n) is 1.02. The van der Waals surface area contributed by atoms with Crippen LogP contribution in [0.4, 0.5) is 0 Å². The van der Waals surface area contributed by atoms with Gasteiger partial charge in [0.15, 0.2) is 0 Å². The van der Waals surface area contributed by atoms with E-state index < -0.39 is 0 Å². The van der Waals surface area contributed by atoms with Gasteiger partial charge >= 0.3 is 0 Å². The van der Waals surface area contributed by atoms with Gasteiger partial charge in [0.05, 0.1) is 0 Å². The van der Waals surface area contributed by atoms with Gasteiger partial charge < -0.3 is 0 Å². The number of allylic oxidation sites excluding steroid dienone is 6. The molecule has 13 heavy (non-hydrogen) atoms. The van der Waals surface area contributed by atoms with Crippen molar-refractivity contribution in [2.24, 2.45) is 0 Å². The van der Waals surface area contributed by atoms with Crippen LogP contribution < -0.4 is 0 Å². The molecule has 0 aliphatic rings. The van der Waals surface area contributed by atoms with Crippen LogP contribution in [0.1, 0.15) is 48.0 Å². The second-order valence-corrected chi connectivity index (χ2v) is 3.92. The molecule has 0 spiro atoms. The molecule has 0 fully saturated rings. The summed E-state index contributed by atoms with van der Waals surface area (Å²) in [5.41, 5.74) is 5.55. The standard InChI is InChI=1S/C13H22/c1-7-11(4)8-12(5)9-13(6)10(2)3/h8-9H,7H2,1-6H3/b11-8+,12-9-. The van der Waals surface area contributed by atoms with Crippen LogP contribution in [0.2, 0.25) is 0 Å². The third-order valence-electron chi connectivity index (χ3n) is 2.26. The minimum absolute atomic E-state index is 1.14. The van der Waals surface area contributed by atoms with Gasteiger partial charge in [-0.25, -0.2) is 0 Å². The minimum atomic E-state index is 1.14. The third kappa shape index (κ3) is 5.46. The lowest BCUT2D eigenvalue weighted by Crippen LogP contribution is -1.79. The first-order valence-electron chi connectivity index (χ1n) is 4.97. The normalized spacial score (nSPS) is 13.1. The Balaban J connectivity index is 4.61. The summed E-state index contributed by atoms with van der Waals surface area (Å²) in [7, 11) is 0. The smallest absolute Gasteiger partial charge is 0.0348 e. The highest BCUT2D eigenvalue weighted by molar-refractivity contribution is 5.31.